The fourth-order valence-corrected chi connectivity index (χ4v) is 4.80. The quantitative estimate of drug-likeness (QED) is 0.831. The van der Waals surface area contributed by atoms with Crippen LogP contribution in [0.15, 0.2) is 0 Å². The summed E-state index contributed by atoms with van der Waals surface area (Å²) in [5, 5.41) is 9.85. The van der Waals surface area contributed by atoms with E-state index in [1.807, 2.05) is 6.92 Å². The minimum absolute atomic E-state index is 0.285. The summed E-state index contributed by atoms with van der Waals surface area (Å²) in [5.41, 5.74) is -0.764. The molecule has 4 nitrogen and oxygen atoms in total. The molecule has 2 rings (SSSR count). The fourth-order valence-electron chi connectivity index (χ4n) is 2.79. The Bertz CT molecular complexity index is 354. The normalized spacial score (nSPS) is 26.7. The Morgan fingerprint density at radius 3 is 2.35 bits per heavy atom. The standard InChI is InChI=1S/C12H23NO3S/c1-2-12(14)9-13(10-12)17(15,16)8-11-6-4-3-5-7-11/h11,14H,2-10H2,1H3. The molecule has 100 valence electrons. The Kier molecular flexibility index (Phi) is 3.80. The highest BCUT2D eigenvalue weighted by molar-refractivity contribution is 7.89. The topological polar surface area (TPSA) is 57.6 Å². The van der Waals surface area contributed by atoms with E-state index in [0.29, 0.717) is 25.4 Å². The van der Waals surface area contributed by atoms with Crippen molar-refractivity contribution in [1.82, 2.24) is 4.31 Å². The zero-order valence-electron chi connectivity index (χ0n) is 10.6. The number of sulfonamides is 1. The fraction of sp³-hybridized carbons (Fsp3) is 1.00. The summed E-state index contributed by atoms with van der Waals surface area (Å²) in [4.78, 5) is 0. The number of rotatable bonds is 4. The maximum atomic E-state index is 12.1. The Hall–Kier alpha value is -0.130. The third-order valence-electron chi connectivity index (χ3n) is 4.16. The molecular formula is C12H23NO3S. The van der Waals surface area contributed by atoms with E-state index in [1.165, 1.54) is 23.6 Å². The molecule has 1 heterocycles. The number of hydrogen-bond donors (Lipinski definition) is 1. The van der Waals surface area contributed by atoms with Gasteiger partial charge in [-0.15, -0.1) is 0 Å². The van der Waals surface area contributed by atoms with Gasteiger partial charge in [0.25, 0.3) is 0 Å². The van der Waals surface area contributed by atoms with Gasteiger partial charge in [0.2, 0.25) is 10.0 Å². The van der Waals surface area contributed by atoms with Crippen molar-refractivity contribution in [2.45, 2.75) is 51.0 Å². The van der Waals surface area contributed by atoms with E-state index in [2.05, 4.69) is 0 Å². The van der Waals surface area contributed by atoms with Crippen molar-refractivity contribution in [1.29, 1.82) is 0 Å². The largest absolute Gasteiger partial charge is 0.387 e. The maximum Gasteiger partial charge on any atom is 0.214 e. The third kappa shape index (κ3) is 3.01. The van der Waals surface area contributed by atoms with Gasteiger partial charge in [0.15, 0.2) is 0 Å². The minimum atomic E-state index is -3.13. The smallest absolute Gasteiger partial charge is 0.214 e. The van der Waals surface area contributed by atoms with Gasteiger partial charge in [-0.2, -0.15) is 4.31 Å². The van der Waals surface area contributed by atoms with Crippen LogP contribution in [-0.4, -0.2) is 42.3 Å². The molecule has 1 N–H and O–H groups in total. The van der Waals surface area contributed by atoms with Crippen LogP contribution in [0.3, 0.4) is 0 Å². The second-order valence-electron chi connectivity index (χ2n) is 5.63. The summed E-state index contributed by atoms with van der Waals surface area (Å²) >= 11 is 0. The molecule has 2 fully saturated rings. The molecule has 0 unspecified atom stereocenters. The molecule has 0 spiro atoms. The molecule has 0 amide bonds. The van der Waals surface area contributed by atoms with Gasteiger partial charge in [0.1, 0.15) is 0 Å². The molecule has 0 aromatic rings. The van der Waals surface area contributed by atoms with E-state index < -0.39 is 15.6 Å². The number of hydrogen-bond acceptors (Lipinski definition) is 3. The second kappa shape index (κ2) is 4.86. The van der Waals surface area contributed by atoms with E-state index in [9.17, 15) is 13.5 Å². The van der Waals surface area contributed by atoms with E-state index in [4.69, 9.17) is 0 Å². The second-order valence-corrected chi connectivity index (χ2v) is 7.64. The summed E-state index contributed by atoms with van der Waals surface area (Å²) in [6.45, 7) is 2.47. The number of β-amino-alcohol motifs (C(OH)–C–C–N with tert-alkyl or cyclic N) is 1. The Morgan fingerprint density at radius 1 is 1.24 bits per heavy atom. The molecule has 0 bridgehead atoms. The summed E-state index contributed by atoms with van der Waals surface area (Å²) in [5.74, 6) is 0.622. The monoisotopic (exact) mass is 261 g/mol. The molecule has 5 heteroatoms. The van der Waals surface area contributed by atoms with Crippen molar-refractivity contribution in [3.63, 3.8) is 0 Å². The average Bonchev–Trinajstić information content (AvgIpc) is 2.25. The van der Waals surface area contributed by atoms with E-state index in [0.717, 1.165) is 12.8 Å². The van der Waals surface area contributed by atoms with Crippen LogP contribution in [0.2, 0.25) is 0 Å². The molecule has 17 heavy (non-hydrogen) atoms. The van der Waals surface area contributed by atoms with Crippen molar-refractivity contribution < 1.29 is 13.5 Å². The SMILES string of the molecule is CCC1(O)CN(S(=O)(=O)CC2CCCCC2)C1. The van der Waals surface area contributed by atoms with Crippen LogP contribution in [0.1, 0.15) is 45.4 Å². The van der Waals surface area contributed by atoms with Gasteiger partial charge >= 0.3 is 0 Å². The first kappa shape index (κ1) is 13.3. The summed E-state index contributed by atoms with van der Waals surface area (Å²) < 4.78 is 25.6. The van der Waals surface area contributed by atoms with Crippen molar-refractivity contribution >= 4 is 10.0 Å². The Morgan fingerprint density at radius 2 is 1.82 bits per heavy atom. The van der Waals surface area contributed by atoms with Gasteiger partial charge in [-0.3, -0.25) is 0 Å². The summed E-state index contributed by atoms with van der Waals surface area (Å²) in [6, 6.07) is 0. The predicted octanol–water partition coefficient (Wildman–Crippen LogP) is 1.35. The number of nitrogens with zero attached hydrogens (tertiary/aromatic N) is 1. The van der Waals surface area contributed by atoms with Crippen LogP contribution in [0.5, 0.6) is 0 Å². The van der Waals surface area contributed by atoms with Gasteiger partial charge in [-0.25, -0.2) is 8.42 Å². The third-order valence-corrected chi connectivity index (χ3v) is 6.10. The molecule has 0 atom stereocenters. The van der Waals surface area contributed by atoms with Crippen molar-refractivity contribution in [3.05, 3.63) is 0 Å². The molecule has 1 aliphatic heterocycles. The zero-order valence-corrected chi connectivity index (χ0v) is 11.4. The van der Waals surface area contributed by atoms with Crippen LogP contribution < -0.4 is 0 Å². The van der Waals surface area contributed by atoms with Gasteiger partial charge in [0.05, 0.1) is 11.4 Å². The van der Waals surface area contributed by atoms with Gasteiger partial charge < -0.3 is 5.11 Å². The first-order valence-corrected chi connectivity index (χ1v) is 8.26. The van der Waals surface area contributed by atoms with Crippen molar-refractivity contribution in [2.75, 3.05) is 18.8 Å². The van der Waals surface area contributed by atoms with E-state index in [1.54, 1.807) is 0 Å². The lowest BCUT2D eigenvalue weighted by Gasteiger charge is -2.45. The average molecular weight is 261 g/mol. The van der Waals surface area contributed by atoms with E-state index in [-0.39, 0.29) is 5.75 Å². The molecule has 0 radical (unpaired) electrons. The highest BCUT2D eigenvalue weighted by Crippen LogP contribution is 2.30. The zero-order chi connectivity index (χ0) is 12.5. The lowest BCUT2D eigenvalue weighted by atomic mass is 9.91. The first-order valence-electron chi connectivity index (χ1n) is 6.65. The Balaban J connectivity index is 1.87. The van der Waals surface area contributed by atoms with Crippen LogP contribution in [-0.2, 0) is 10.0 Å². The minimum Gasteiger partial charge on any atom is -0.387 e. The molecular weight excluding hydrogens is 238 g/mol. The van der Waals surface area contributed by atoms with Crippen LogP contribution >= 0.6 is 0 Å². The van der Waals surface area contributed by atoms with Crippen LogP contribution in [0.4, 0.5) is 0 Å². The lowest BCUT2D eigenvalue weighted by molar-refractivity contribution is -0.0614. The first-order chi connectivity index (χ1) is 7.95. The molecule has 1 saturated carbocycles. The lowest BCUT2D eigenvalue weighted by Crippen LogP contribution is -2.63. The van der Waals surface area contributed by atoms with Crippen molar-refractivity contribution in [2.24, 2.45) is 5.92 Å². The highest BCUT2D eigenvalue weighted by Gasteiger charge is 2.45. The highest BCUT2D eigenvalue weighted by atomic mass is 32.2. The van der Waals surface area contributed by atoms with Gasteiger partial charge in [-0.1, -0.05) is 26.2 Å². The summed E-state index contributed by atoms with van der Waals surface area (Å²) in [7, 11) is -3.13. The van der Waals surface area contributed by atoms with Crippen molar-refractivity contribution in [3.8, 4) is 0 Å². The molecule has 1 saturated heterocycles. The Labute approximate surface area is 104 Å². The summed E-state index contributed by atoms with van der Waals surface area (Å²) in [6.07, 6.45) is 6.30. The van der Waals surface area contributed by atoms with Gasteiger partial charge in [0, 0.05) is 13.1 Å². The predicted molar refractivity (Wildman–Crippen MR) is 67.2 cm³/mol. The number of aliphatic hydroxyl groups is 1. The van der Waals surface area contributed by atoms with E-state index >= 15 is 0 Å². The van der Waals surface area contributed by atoms with Crippen LogP contribution in [0, 0.1) is 5.92 Å². The molecule has 0 aromatic heterocycles. The van der Waals surface area contributed by atoms with Gasteiger partial charge in [-0.05, 0) is 25.2 Å². The molecule has 1 aliphatic carbocycles. The molecule has 2 aliphatic rings. The maximum absolute atomic E-state index is 12.1. The van der Waals surface area contributed by atoms with Crippen LogP contribution in [0.25, 0.3) is 0 Å². The molecule has 0 aromatic carbocycles.